The van der Waals surface area contributed by atoms with Crippen LogP contribution in [0.3, 0.4) is 0 Å². The summed E-state index contributed by atoms with van der Waals surface area (Å²) in [5, 5.41) is 0. The van der Waals surface area contributed by atoms with Gasteiger partial charge in [0, 0.05) is 44.1 Å². The topological polar surface area (TPSA) is 53.5 Å². The summed E-state index contributed by atoms with van der Waals surface area (Å²) in [7, 11) is -3.43. The molecule has 0 bridgehead atoms. The largest absolute Gasteiger partial charge is 0.293 e. The van der Waals surface area contributed by atoms with Crippen LogP contribution in [0.25, 0.3) is 0 Å². The molecule has 1 aliphatic carbocycles. The molecule has 138 valence electrons. The van der Waals surface area contributed by atoms with Crippen LogP contribution < -0.4 is 0 Å². The van der Waals surface area contributed by atoms with E-state index in [-0.39, 0.29) is 6.04 Å². The molecule has 2 atom stereocenters. The minimum Gasteiger partial charge on any atom is -0.293 e. The maximum atomic E-state index is 13.0. The number of pyridine rings is 1. The van der Waals surface area contributed by atoms with Crippen molar-refractivity contribution in [2.45, 2.75) is 36.7 Å². The predicted octanol–water partition coefficient (Wildman–Crippen LogP) is 2.93. The lowest BCUT2D eigenvalue weighted by Gasteiger charge is -2.42. The molecule has 26 heavy (non-hydrogen) atoms. The third-order valence-corrected chi connectivity index (χ3v) is 7.49. The van der Waals surface area contributed by atoms with Gasteiger partial charge in [0.25, 0.3) is 0 Å². The Balaban J connectivity index is 1.53. The monoisotopic (exact) mass is 371 g/mol. The van der Waals surface area contributed by atoms with Crippen LogP contribution >= 0.6 is 0 Å². The lowest BCUT2D eigenvalue weighted by molar-refractivity contribution is 0.0912. The van der Waals surface area contributed by atoms with Crippen LogP contribution in [0.5, 0.6) is 0 Å². The molecule has 2 fully saturated rings. The summed E-state index contributed by atoms with van der Waals surface area (Å²) >= 11 is 0. The van der Waals surface area contributed by atoms with E-state index in [1.165, 1.54) is 18.4 Å². The Bertz CT molecular complexity index is 838. The van der Waals surface area contributed by atoms with Crippen molar-refractivity contribution in [2.75, 3.05) is 19.6 Å². The van der Waals surface area contributed by atoms with Gasteiger partial charge in [0.05, 0.1) is 4.90 Å². The second kappa shape index (κ2) is 7.10. The van der Waals surface area contributed by atoms with Gasteiger partial charge in [-0.2, -0.15) is 4.31 Å². The van der Waals surface area contributed by atoms with Gasteiger partial charge in [-0.05, 0) is 55.5 Å². The van der Waals surface area contributed by atoms with E-state index in [0.717, 1.165) is 13.1 Å². The summed E-state index contributed by atoms with van der Waals surface area (Å²) in [6.45, 7) is 4.07. The van der Waals surface area contributed by atoms with Crippen LogP contribution in [0.1, 0.15) is 31.4 Å². The average Bonchev–Trinajstić information content (AvgIpc) is 3.48. The van der Waals surface area contributed by atoms with Crippen LogP contribution in [-0.4, -0.2) is 48.3 Å². The number of nitrogens with zero attached hydrogens (tertiary/aromatic N) is 3. The highest BCUT2D eigenvalue weighted by atomic mass is 32.2. The lowest BCUT2D eigenvalue weighted by Crippen LogP contribution is -2.54. The Hall–Kier alpha value is -1.76. The number of rotatable bonds is 5. The quantitative estimate of drug-likeness (QED) is 0.811. The van der Waals surface area contributed by atoms with E-state index in [1.807, 2.05) is 25.4 Å². The van der Waals surface area contributed by atoms with Crippen molar-refractivity contribution in [2.24, 2.45) is 5.92 Å². The molecule has 0 amide bonds. The molecule has 1 saturated heterocycles. The Kier molecular flexibility index (Phi) is 4.82. The van der Waals surface area contributed by atoms with Gasteiger partial charge in [-0.25, -0.2) is 8.42 Å². The zero-order valence-corrected chi connectivity index (χ0v) is 15.8. The van der Waals surface area contributed by atoms with E-state index in [4.69, 9.17) is 0 Å². The normalized spacial score (nSPS) is 23.7. The molecule has 1 aromatic heterocycles. The first-order valence-corrected chi connectivity index (χ1v) is 10.7. The number of hydrogen-bond donors (Lipinski definition) is 0. The van der Waals surface area contributed by atoms with Gasteiger partial charge in [-0.1, -0.05) is 18.2 Å². The number of piperazine rings is 1. The third kappa shape index (κ3) is 3.41. The molecule has 2 unspecified atom stereocenters. The first kappa shape index (κ1) is 17.6. The Morgan fingerprint density at radius 3 is 2.35 bits per heavy atom. The van der Waals surface area contributed by atoms with Gasteiger partial charge in [0.1, 0.15) is 0 Å². The second-order valence-electron chi connectivity index (χ2n) is 7.34. The second-order valence-corrected chi connectivity index (χ2v) is 9.23. The Morgan fingerprint density at radius 1 is 1.04 bits per heavy atom. The van der Waals surface area contributed by atoms with Gasteiger partial charge < -0.3 is 0 Å². The van der Waals surface area contributed by atoms with E-state index in [2.05, 4.69) is 22.0 Å². The molecule has 0 N–H and O–H groups in total. The Labute approximate surface area is 155 Å². The van der Waals surface area contributed by atoms with Crippen molar-refractivity contribution in [3.05, 3.63) is 60.4 Å². The van der Waals surface area contributed by atoms with Crippen LogP contribution in [0, 0.1) is 5.92 Å². The van der Waals surface area contributed by atoms with E-state index in [9.17, 15) is 8.42 Å². The average molecular weight is 372 g/mol. The molecule has 2 aromatic rings. The summed E-state index contributed by atoms with van der Waals surface area (Å²) in [6.07, 6.45) is 6.21. The van der Waals surface area contributed by atoms with Gasteiger partial charge in [0.15, 0.2) is 0 Å². The zero-order valence-electron chi connectivity index (χ0n) is 15.0. The molecule has 6 heteroatoms. The molecule has 5 nitrogen and oxygen atoms in total. The van der Waals surface area contributed by atoms with E-state index in [1.54, 1.807) is 28.6 Å². The summed E-state index contributed by atoms with van der Waals surface area (Å²) in [4.78, 5) is 6.99. The van der Waals surface area contributed by atoms with Crippen molar-refractivity contribution < 1.29 is 8.42 Å². The van der Waals surface area contributed by atoms with Crippen molar-refractivity contribution in [3.8, 4) is 0 Å². The predicted molar refractivity (Wildman–Crippen MR) is 101 cm³/mol. The first-order valence-electron chi connectivity index (χ1n) is 9.28. The summed E-state index contributed by atoms with van der Waals surface area (Å²) < 4.78 is 27.6. The summed E-state index contributed by atoms with van der Waals surface area (Å²) in [5.41, 5.74) is 1.30. The van der Waals surface area contributed by atoms with Crippen LogP contribution in [-0.2, 0) is 10.0 Å². The standard InChI is InChI=1S/C20H25N3O2S/c1-16-15-22(20(17-7-8-17)18-9-11-21-12-10-18)13-14-23(16)26(24,25)19-5-3-2-4-6-19/h2-6,9-12,16-17,20H,7-8,13-15H2,1H3. The summed E-state index contributed by atoms with van der Waals surface area (Å²) in [6, 6.07) is 13.3. The van der Waals surface area contributed by atoms with Crippen molar-refractivity contribution in [1.82, 2.24) is 14.2 Å². The van der Waals surface area contributed by atoms with Crippen LogP contribution in [0.4, 0.5) is 0 Å². The number of aromatic nitrogens is 1. The highest BCUT2D eigenvalue weighted by Gasteiger charge is 2.41. The molecular formula is C20H25N3O2S. The van der Waals surface area contributed by atoms with Crippen LogP contribution in [0.2, 0.25) is 0 Å². The third-order valence-electron chi connectivity index (χ3n) is 5.46. The molecule has 1 saturated carbocycles. The SMILES string of the molecule is CC1CN(C(c2ccncc2)C2CC2)CCN1S(=O)(=O)c1ccccc1. The van der Waals surface area contributed by atoms with Gasteiger partial charge >= 0.3 is 0 Å². The van der Waals surface area contributed by atoms with E-state index in [0.29, 0.717) is 23.4 Å². The molecule has 2 heterocycles. The van der Waals surface area contributed by atoms with Crippen molar-refractivity contribution in [3.63, 3.8) is 0 Å². The molecule has 4 rings (SSSR count). The number of benzene rings is 1. The zero-order chi connectivity index (χ0) is 18.1. The smallest absolute Gasteiger partial charge is 0.243 e. The molecule has 2 aliphatic rings. The van der Waals surface area contributed by atoms with E-state index >= 15 is 0 Å². The Morgan fingerprint density at radius 2 is 1.73 bits per heavy atom. The molecule has 1 aliphatic heterocycles. The van der Waals surface area contributed by atoms with Gasteiger partial charge in [0.2, 0.25) is 10.0 Å². The number of hydrogen-bond acceptors (Lipinski definition) is 4. The molecule has 0 radical (unpaired) electrons. The summed E-state index contributed by atoms with van der Waals surface area (Å²) in [5.74, 6) is 0.682. The maximum absolute atomic E-state index is 13.0. The fourth-order valence-corrected chi connectivity index (χ4v) is 5.69. The highest BCUT2D eigenvalue weighted by molar-refractivity contribution is 7.89. The fraction of sp³-hybridized carbons (Fsp3) is 0.450. The molecule has 0 spiro atoms. The fourth-order valence-electron chi connectivity index (χ4n) is 4.06. The van der Waals surface area contributed by atoms with Crippen molar-refractivity contribution >= 4 is 10.0 Å². The maximum Gasteiger partial charge on any atom is 0.243 e. The lowest BCUT2D eigenvalue weighted by atomic mass is 10.00. The first-order chi connectivity index (χ1) is 12.6. The minimum atomic E-state index is -3.43. The van der Waals surface area contributed by atoms with Gasteiger partial charge in [-0.15, -0.1) is 0 Å². The van der Waals surface area contributed by atoms with E-state index < -0.39 is 10.0 Å². The van der Waals surface area contributed by atoms with Gasteiger partial charge in [-0.3, -0.25) is 9.88 Å². The number of sulfonamides is 1. The minimum absolute atomic E-state index is 0.0444. The van der Waals surface area contributed by atoms with Crippen molar-refractivity contribution in [1.29, 1.82) is 0 Å². The molecule has 1 aromatic carbocycles. The highest BCUT2D eigenvalue weighted by Crippen LogP contribution is 2.45. The molecular weight excluding hydrogens is 346 g/mol. The van der Waals surface area contributed by atoms with Crippen LogP contribution in [0.15, 0.2) is 59.8 Å².